The van der Waals surface area contributed by atoms with Gasteiger partial charge in [-0.05, 0) is 53.8 Å². The van der Waals surface area contributed by atoms with E-state index in [1.165, 1.54) is 6.08 Å². The molecule has 0 aromatic heterocycles. The van der Waals surface area contributed by atoms with Crippen molar-refractivity contribution in [3.8, 4) is 0 Å². The van der Waals surface area contributed by atoms with Crippen molar-refractivity contribution in [3.63, 3.8) is 0 Å². The van der Waals surface area contributed by atoms with Gasteiger partial charge in [0.2, 0.25) is 5.91 Å². The number of benzene rings is 2. The lowest BCUT2D eigenvalue weighted by molar-refractivity contribution is -0.116. The van der Waals surface area contributed by atoms with Gasteiger partial charge in [0.05, 0.1) is 0 Å². The van der Waals surface area contributed by atoms with Crippen LogP contribution >= 0.6 is 11.6 Å². The average molecular weight is 356 g/mol. The van der Waals surface area contributed by atoms with Crippen molar-refractivity contribution in [2.24, 2.45) is 0 Å². The third-order valence-corrected chi connectivity index (χ3v) is 3.81. The molecule has 0 aliphatic carbocycles. The highest BCUT2D eigenvalue weighted by molar-refractivity contribution is 6.30. The van der Waals surface area contributed by atoms with Crippen LogP contribution in [0, 0.1) is 6.92 Å². The molecule has 0 radical (unpaired) electrons. The van der Waals surface area contributed by atoms with Crippen LogP contribution in [-0.2, 0) is 11.2 Å². The quantitative estimate of drug-likeness (QED) is 0.530. The number of halogens is 1. The van der Waals surface area contributed by atoms with Crippen molar-refractivity contribution in [2.75, 3.05) is 6.54 Å². The lowest BCUT2D eigenvalue weighted by atomic mass is 10.0. The highest BCUT2D eigenvalue weighted by atomic mass is 35.5. The second-order valence-corrected chi connectivity index (χ2v) is 5.78. The minimum absolute atomic E-state index is 0.117. The van der Waals surface area contributed by atoms with E-state index in [0.717, 1.165) is 33.7 Å². The fourth-order valence-electron chi connectivity index (χ4n) is 2.24. The molecule has 2 rings (SSSR count). The number of nitrogens with one attached hydrogen (secondary N) is 1. The molecule has 1 N–H and O–H groups in total. The van der Waals surface area contributed by atoms with Gasteiger partial charge in [0.25, 0.3) is 0 Å². The average Bonchev–Trinajstić information content (AvgIpc) is 2.63. The molecule has 2 aromatic carbocycles. The van der Waals surface area contributed by atoms with Gasteiger partial charge in [-0.2, -0.15) is 0 Å². The van der Waals surface area contributed by atoms with Crippen LogP contribution in [0.2, 0.25) is 5.02 Å². The molecule has 0 bridgehead atoms. The minimum Gasteiger partial charge on any atom is -0.352 e. The summed E-state index contributed by atoms with van der Waals surface area (Å²) in [5, 5.41) is 3.59. The number of hydrogen-bond donors (Lipinski definition) is 1. The first-order valence-electron chi connectivity index (χ1n) is 8.51. The van der Waals surface area contributed by atoms with Crippen LogP contribution in [0.4, 0.5) is 0 Å². The van der Waals surface area contributed by atoms with Crippen LogP contribution in [0.3, 0.4) is 0 Å². The molecule has 1 amide bonds. The molecule has 2 aromatic rings. The fourth-order valence-corrected chi connectivity index (χ4v) is 2.37. The highest BCUT2D eigenvalue weighted by Crippen LogP contribution is 2.17. The largest absolute Gasteiger partial charge is 0.352 e. The van der Waals surface area contributed by atoms with E-state index < -0.39 is 0 Å². The lowest BCUT2D eigenvalue weighted by Gasteiger charge is -2.05. The minimum atomic E-state index is -0.117. The molecule has 0 spiro atoms. The van der Waals surface area contributed by atoms with E-state index in [1.54, 1.807) is 6.08 Å². The molecule has 0 heterocycles. The number of aryl methyl sites for hydroxylation is 1. The summed E-state index contributed by atoms with van der Waals surface area (Å²) in [5.74, 6) is -0.117. The maximum Gasteiger partial charge on any atom is 0.244 e. The molecule has 0 atom stereocenters. The molecular weight excluding hydrogens is 330 g/mol. The Kier molecular flexibility index (Phi) is 9.34. The Labute approximate surface area is 156 Å². The molecule has 132 valence electrons. The smallest absolute Gasteiger partial charge is 0.244 e. The number of allylic oxidation sites excluding steroid dienone is 2. The summed E-state index contributed by atoms with van der Waals surface area (Å²) in [7, 11) is 0. The number of amides is 1. The predicted molar refractivity (Wildman–Crippen MR) is 109 cm³/mol. The lowest BCUT2D eigenvalue weighted by Crippen LogP contribution is -2.23. The zero-order valence-electron chi connectivity index (χ0n) is 15.2. The molecule has 0 saturated heterocycles. The monoisotopic (exact) mass is 355 g/mol. The number of carbonyl (C=O) groups excluding carboxylic acids is 1. The van der Waals surface area contributed by atoms with Gasteiger partial charge < -0.3 is 5.32 Å². The molecule has 0 aliphatic heterocycles. The van der Waals surface area contributed by atoms with Crippen molar-refractivity contribution in [2.45, 2.75) is 27.2 Å². The van der Waals surface area contributed by atoms with E-state index in [1.807, 2.05) is 69.3 Å². The molecule has 2 nitrogen and oxygen atoms in total. The molecule has 0 aliphatic rings. The van der Waals surface area contributed by atoms with Gasteiger partial charge in [-0.15, -0.1) is 0 Å². The SMILES string of the molecule is C=C(/C=C/C(=O)NCCc1ccc(Cl)cc1)c1ccccc1C.CC. The van der Waals surface area contributed by atoms with Gasteiger partial charge in [0, 0.05) is 17.6 Å². The van der Waals surface area contributed by atoms with Gasteiger partial charge in [0.15, 0.2) is 0 Å². The summed E-state index contributed by atoms with van der Waals surface area (Å²) in [6.07, 6.45) is 4.05. The van der Waals surface area contributed by atoms with Crippen molar-refractivity contribution in [1.82, 2.24) is 5.32 Å². The molecule has 0 fully saturated rings. The number of rotatable bonds is 6. The van der Waals surface area contributed by atoms with Crippen molar-refractivity contribution < 1.29 is 4.79 Å². The zero-order valence-corrected chi connectivity index (χ0v) is 15.9. The van der Waals surface area contributed by atoms with E-state index in [-0.39, 0.29) is 5.91 Å². The Morgan fingerprint density at radius 1 is 1.08 bits per heavy atom. The van der Waals surface area contributed by atoms with Crippen LogP contribution in [0.5, 0.6) is 0 Å². The maximum absolute atomic E-state index is 11.8. The summed E-state index contributed by atoms with van der Waals surface area (Å²) in [6, 6.07) is 15.6. The van der Waals surface area contributed by atoms with Gasteiger partial charge in [-0.3, -0.25) is 4.79 Å². The molecular formula is C22H26ClNO. The van der Waals surface area contributed by atoms with Gasteiger partial charge >= 0.3 is 0 Å². The van der Waals surface area contributed by atoms with Crippen LogP contribution in [0.25, 0.3) is 5.57 Å². The third-order valence-electron chi connectivity index (χ3n) is 3.55. The van der Waals surface area contributed by atoms with Crippen LogP contribution in [0.1, 0.15) is 30.5 Å². The first-order valence-corrected chi connectivity index (χ1v) is 8.89. The number of carbonyl (C=O) groups is 1. The molecule has 0 unspecified atom stereocenters. The Morgan fingerprint density at radius 3 is 2.36 bits per heavy atom. The van der Waals surface area contributed by atoms with E-state index >= 15 is 0 Å². The third kappa shape index (κ3) is 7.40. The summed E-state index contributed by atoms with van der Waals surface area (Å²) in [6.45, 7) is 10.6. The first kappa shape index (κ1) is 20.7. The second kappa shape index (κ2) is 11.3. The van der Waals surface area contributed by atoms with Gasteiger partial charge in [-0.1, -0.05) is 68.4 Å². The molecule has 0 saturated carbocycles. The summed E-state index contributed by atoms with van der Waals surface area (Å²) in [4.78, 5) is 11.8. The van der Waals surface area contributed by atoms with Crippen LogP contribution in [0.15, 0.2) is 67.3 Å². The van der Waals surface area contributed by atoms with Crippen molar-refractivity contribution in [3.05, 3.63) is 89.0 Å². The fraction of sp³-hybridized carbons (Fsp3) is 0.227. The normalized spacial score (nSPS) is 10.1. The summed E-state index contributed by atoms with van der Waals surface area (Å²) in [5.41, 5.74) is 4.17. The second-order valence-electron chi connectivity index (χ2n) is 5.34. The Bertz CT molecular complexity index is 717. The Balaban J connectivity index is 0.00000151. The highest BCUT2D eigenvalue weighted by Gasteiger charge is 2.00. The van der Waals surface area contributed by atoms with Gasteiger partial charge in [-0.25, -0.2) is 0 Å². The van der Waals surface area contributed by atoms with Crippen molar-refractivity contribution in [1.29, 1.82) is 0 Å². The van der Waals surface area contributed by atoms with E-state index in [0.29, 0.717) is 6.54 Å². The summed E-state index contributed by atoms with van der Waals surface area (Å²) < 4.78 is 0. The van der Waals surface area contributed by atoms with E-state index in [9.17, 15) is 4.79 Å². The van der Waals surface area contributed by atoms with Gasteiger partial charge in [0.1, 0.15) is 0 Å². The van der Waals surface area contributed by atoms with Crippen LogP contribution in [-0.4, -0.2) is 12.5 Å². The molecule has 3 heteroatoms. The zero-order chi connectivity index (χ0) is 18.7. The Morgan fingerprint density at radius 2 is 1.72 bits per heavy atom. The standard InChI is InChI=1S/C20H20ClNO.C2H6/c1-15-5-3-4-6-19(15)16(2)7-12-20(23)22-14-13-17-8-10-18(21)11-9-17;1-2/h3-12H,2,13-14H2,1H3,(H,22,23);1-2H3/b12-7+;. The summed E-state index contributed by atoms with van der Waals surface area (Å²) >= 11 is 5.84. The van der Waals surface area contributed by atoms with E-state index in [4.69, 9.17) is 11.6 Å². The van der Waals surface area contributed by atoms with Crippen molar-refractivity contribution >= 4 is 23.1 Å². The van der Waals surface area contributed by atoms with Crippen LogP contribution < -0.4 is 5.32 Å². The molecule has 25 heavy (non-hydrogen) atoms. The number of hydrogen-bond acceptors (Lipinski definition) is 1. The maximum atomic E-state index is 11.8. The predicted octanol–water partition coefficient (Wildman–Crippen LogP) is 5.60. The van der Waals surface area contributed by atoms with E-state index in [2.05, 4.69) is 11.9 Å². The topological polar surface area (TPSA) is 29.1 Å². The first-order chi connectivity index (χ1) is 12.1. The Hall–Kier alpha value is -2.32.